The van der Waals surface area contributed by atoms with Gasteiger partial charge in [0.1, 0.15) is 5.75 Å². The molecule has 0 aliphatic carbocycles. The van der Waals surface area contributed by atoms with E-state index in [1.165, 1.54) is 0 Å². The highest BCUT2D eigenvalue weighted by atomic mass is 16.5. The van der Waals surface area contributed by atoms with E-state index in [0.29, 0.717) is 32.7 Å². The van der Waals surface area contributed by atoms with Crippen molar-refractivity contribution in [1.82, 2.24) is 14.4 Å². The third-order valence-corrected chi connectivity index (χ3v) is 5.82. The number of carbonyl (C=O) groups is 2. The summed E-state index contributed by atoms with van der Waals surface area (Å²) in [6.07, 6.45) is 0.368. The quantitative estimate of drug-likeness (QED) is 0.636. The molecule has 0 N–H and O–H groups in total. The number of rotatable bonds is 7. The molecule has 0 bridgehead atoms. The van der Waals surface area contributed by atoms with Gasteiger partial charge in [0.15, 0.2) is 5.78 Å². The summed E-state index contributed by atoms with van der Waals surface area (Å²) in [5, 5.41) is 0. The van der Waals surface area contributed by atoms with Gasteiger partial charge in [0.05, 0.1) is 19.6 Å². The molecule has 0 radical (unpaired) electrons. The third kappa shape index (κ3) is 5.76. The summed E-state index contributed by atoms with van der Waals surface area (Å²) in [5.74, 6) is 1.04. The Morgan fingerprint density at radius 3 is 2.23 bits per heavy atom. The van der Waals surface area contributed by atoms with Crippen molar-refractivity contribution < 1.29 is 14.3 Å². The van der Waals surface area contributed by atoms with Crippen molar-refractivity contribution >= 4 is 11.7 Å². The maximum absolute atomic E-state index is 13.0. The van der Waals surface area contributed by atoms with Crippen LogP contribution < -0.4 is 4.74 Å². The number of para-hydroxylation sites is 1. The number of carbonyl (C=O) groups excluding carboxylic acids is 2. The molecule has 1 aliphatic heterocycles. The van der Waals surface area contributed by atoms with Gasteiger partial charge >= 0.3 is 0 Å². The second-order valence-electron chi connectivity index (χ2n) is 9.28. The van der Waals surface area contributed by atoms with Gasteiger partial charge in [-0.15, -0.1) is 0 Å². The lowest BCUT2D eigenvalue weighted by atomic mass is 10.1. The first-order chi connectivity index (χ1) is 14.7. The van der Waals surface area contributed by atoms with Crippen LogP contribution in [0.5, 0.6) is 5.75 Å². The Balaban J connectivity index is 1.47. The van der Waals surface area contributed by atoms with Gasteiger partial charge in [-0.1, -0.05) is 18.2 Å². The highest BCUT2D eigenvalue weighted by molar-refractivity contribution is 5.99. The number of hydrogen-bond donors (Lipinski definition) is 0. The van der Waals surface area contributed by atoms with E-state index in [1.54, 1.807) is 0 Å². The molecule has 0 saturated carbocycles. The molecule has 2 aromatic rings. The Kier molecular flexibility index (Phi) is 7.21. The second-order valence-corrected chi connectivity index (χ2v) is 9.28. The molecule has 31 heavy (non-hydrogen) atoms. The van der Waals surface area contributed by atoms with Crippen LogP contribution in [0.1, 0.15) is 48.9 Å². The molecule has 2 heterocycles. The summed E-state index contributed by atoms with van der Waals surface area (Å²) < 4.78 is 7.86. The first-order valence-corrected chi connectivity index (χ1v) is 11.1. The Labute approximate surface area is 185 Å². The molecule has 1 aromatic heterocycles. The maximum atomic E-state index is 13.0. The fourth-order valence-corrected chi connectivity index (χ4v) is 4.45. The van der Waals surface area contributed by atoms with Crippen LogP contribution in [0.15, 0.2) is 36.4 Å². The van der Waals surface area contributed by atoms with Crippen LogP contribution in [0.3, 0.4) is 0 Å². The van der Waals surface area contributed by atoms with E-state index < -0.39 is 0 Å². The van der Waals surface area contributed by atoms with Gasteiger partial charge in [-0.25, -0.2) is 0 Å². The Hall–Kier alpha value is -2.60. The molecule has 1 fully saturated rings. The maximum Gasteiger partial charge on any atom is 0.226 e. The molecule has 0 unspecified atom stereocenters. The Bertz CT molecular complexity index is 904. The minimum atomic E-state index is -0.0527. The molecular formula is C25H35N3O3. The fourth-order valence-electron chi connectivity index (χ4n) is 4.45. The van der Waals surface area contributed by atoms with Gasteiger partial charge in [0.2, 0.25) is 5.91 Å². The molecule has 168 valence electrons. The minimum Gasteiger partial charge on any atom is -0.493 e. The van der Waals surface area contributed by atoms with Crippen molar-refractivity contribution in [2.75, 3.05) is 39.3 Å². The molecule has 6 heteroatoms. The van der Waals surface area contributed by atoms with Crippen molar-refractivity contribution in [3.63, 3.8) is 0 Å². The number of ether oxygens (including phenoxy) is 1. The molecule has 1 aromatic carbocycles. The molecule has 6 nitrogen and oxygen atoms in total. The predicted octanol–water partition coefficient (Wildman–Crippen LogP) is 3.66. The van der Waals surface area contributed by atoms with Crippen molar-refractivity contribution in [3.05, 3.63) is 53.3 Å². The number of amides is 1. The van der Waals surface area contributed by atoms with Crippen LogP contribution >= 0.6 is 0 Å². The van der Waals surface area contributed by atoms with Gasteiger partial charge in [-0.05, 0) is 52.8 Å². The molecule has 1 amide bonds. The molecule has 0 atom stereocenters. The van der Waals surface area contributed by atoms with E-state index in [-0.39, 0.29) is 17.2 Å². The number of ketones is 1. The summed E-state index contributed by atoms with van der Waals surface area (Å²) in [5.41, 5.74) is 2.90. The highest BCUT2D eigenvalue weighted by Crippen LogP contribution is 2.25. The highest BCUT2D eigenvalue weighted by Gasteiger charge is 2.26. The monoisotopic (exact) mass is 425 g/mol. The first-order valence-electron chi connectivity index (χ1n) is 11.1. The molecular weight excluding hydrogens is 390 g/mol. The summed E-state index contributed by atoms with van der Waals surface area (Å²) in [7, 11) is 0. The van der Waals surface area contributed by atoms with Crippen LogP contribution in [0.4, 0.5) is 0 Å². The average molecular weight is 426 g/mol. The average Bonchev–Trinajstić information content (AvgIpc) is 3.03. The van der Waals surface area contributed by atoms with Crippen LogP contribution in [-0.2, 0) is 10.3 Å². The van der Waals surface area contributed by atoms with Crippen molar-refractivity contribution in [3.8, 4) is 5.75 Å². The van der Waals surface area contributed by atoms with E-state index in [0.717, 1.165) is 35.8 Å². The Morgan fingerprint density at radius 1 is 1.00 bits per heavy atom. The lowest BCUT2D eigenvalue weighted by Gasteiger charge is -2.34. The van der Waals surface area contributed by atoms with Crippen LogP contribution in [0.2, 0.25) is 0 Å². The van der Waals surface area contributed by atoms with Gasteiger partial charge < -0.3 is 14.2 Å². The second kappa shape index (κ2) is 9.69. The van der Waals surface area contributed by atoms with Crippen LogP contribution in [0, 0.1) is 13.8 Å². The normalized spacial score (nSPS) is 15.2. The van der Waals surface area contributed by atoms with Crippen LogP contribution in [-0.4, -0.2) is 65.4 Å². The molecule has 0 spiro atoms. The number of aromatic nitrogens is 1. The summed E-state index contributed by atoms with van der Waals surface area (Å²) >= 11 is 0. The standard InChI is InChI=1S/C25H35N3O3/c1-19-17-22(20(2)28(19)25(3,4)5)23(29)18-26-12-14-27(15-13-26)24(30)11-16-31-21-9-7-6-8-10-21/h6-10,17H,11-16,18H2,1-5H3. The lowest BCUT2D eigenvalue weighted by molar-refractivity contribution is -0.133. The van der Waals surface area contributed by atoms with Crippen molar-refractivity contribution in [1.29, 1.82) is 0 Å². The fraction of sp³-hybridized carbons (Fsp3) is 0.520. The van der Waals surface area contributed by atoms with E-state index in [9.17, 15) is 9.59 Å². The van der Waals surface area contributed by atoms with Crippen LogP contribution in [0.25, 0.3) is 0 Å². The Morgan fingerprint density at radius 2 is 1.65 bits per heavy atom. The predicted molar refractivity (Wildman–Crippen MR) is 123 cm³/mol. The summed E-state index contributed by atoms with van der Waals surface area (Å²) in [6, 6.07) is 11.6. The van der Waals surface area contributed by atoms with Gasteiger partial charge in [0.25, 0.3) is 0 Å². The SMILES string of the molecule is Cc1cc(C(=O)CN2CCN(C(=O)CCOc3ccccc3)CC2)c(C)n1C(C)(C)C. The van der Waals surface area contributed by atoms with Crippen molar-refractivity contribution in [2.24, 2.45) is 0 Å². The zero-order chi connectivity index (χ0) is 22.6. The minimum absolute atomic E-state index is 0.0527. The number of hydrogen-bond acceptors (Lipinski definition) is 4. The van der Waals surface area contributed by atoms with Gasteiger partial charge in [-0.2, -0.15) is 0 Å². The van der Waals surface area contributed by atoms with E-state index in [2.05, 4.69) is 37.2 Å². The third-order valence-electron chi connectivity index (χ3n) is 5.82. The number of piperazine rings is 1. The summed E-state index contributed by atoms with van der Waals surface area (Å²) in [4.78, 5) is 29.5. The van der Waals surface area contributed by atoms with E-state index >= 15 is 0 Å². The van der Waals surface area contributed by atoms with Gasteiger partial charge in [-0.3, -0.25) is 14.5 Å². The zero-order valence-electron chi connectivity index (χ0n) is 19.5. The molecule has 3 rings (SSSR count). The largest absolute Gasteiger partial charge is 0.493 e. The zero-order valence-corrected chi connectivity index (χ0v) is 19.5. The number of Topliss-reactive ketones (excluding diaryl/α,β-unsaturated/α-hetero) is 1. The molecule has 1 saturated heterocycles. The smallest absolute Gasteiger partial charge is 0.226 e. The number of nitrogens with zero attached hydrogens (tertiary/aromatic N) is 3. The van der Waals surface area contributed by atoms with E-state index in [1.807, 2.05) is 48.2 Å². The molecule has 1 aliphatic rings. The number of aryl methyl sites for hydroxylation is 1. The van der Waals surface area contributed by atoms with Crippen molar-refractivity contribution in [2.45, 2.75) is 46.6 Å². The number of benzene rings is 1. The van der Waals surface area contributed by atoms with Gasteiger partial charge in [0, 0.05) is 48.7 Å². The van der Waals surface area contributed by atoms with E-state index in [4.69, 9.17) is 4.74 Å². The lowest BCUT2D eigenvalue weighted by Crippen LogP contribution is -2.50. The topological polar surface area (TPSA) is 54.8 Å². The summed E-state index contributed by atoms with van der Waals surface area (Å²) in [6.45, 7) is 14.1. The first kappa shape index (κ1) is 23.1.